The molecule has 0 unspecified atom stereocenters. The van der Waals surface area contributed by atoms with Crippen LogP contribution in [0.5, 0.6) is 0 Å². The van der Waals surface area contributed by atoms with Crippen LogP contribution in [0.3, 0.4) is 0 Å². The van der Waals surface area contributed by atoms with E-state index in [-0.39, 0.29) is 0 Å². The Morgan fingerprint density at radius 2 is 0.741 bits per heavy atom. The van der Waals surface area contributed by atoms with Crippen LogP contribution in [-0.4, -0.2) is 157 Å². The number of rotatable bonds is 35. The zero-order valence-corrected chi connectivity index (χ0v) is 54.0. The second-order valence-corrected chi connectivity index (χ2v) is 44.7. The van der Waals surface area contributed by atoms with Crippen molar-refractivity contribution in [2.75, 3.05) is 0 Å². The van der Waals surface area contributed by atoms with Crippen molar-refractivity contribution in [2.45, 2.75) is 32.0 Å². The van der Waals surface area contributed by atoms with Gasteiger partial charge in [-0.25, -0.2) is 0 Å². The maximum absolute atomic E-state index is 7.58. The third-order valence-corrected chi connectivity index (χ3v) is 35.6. The van der Waals surface area contributed by atoms with Crippen LogP contribution in [0.4, 0.5) is 0 Å². The second-order valence-electron chi connectivity index (χ2n) is 11.4. The summed E-state index contributed by atoms with van der Waals surface area (Å²) in [7, 11) is -18.3. The average molecular weight is 1020 g/mol. The van der Waals surface area contributed by atoms with Crippen LogP contribution < -0.4 is 10.4 Å². The van der Waals surface area contributed by atoms with E-state index in [0.717, 1.165) is 28.6 Å². The van der Waals surface area contributed by atoms with Gasteiger partial charge in [0.15, 0.2) is 0 Å². The summed E-state index contributed by atoms with van der Waals surface area (Å²) in [5, 5.41) is 2.51. The fraction of sp³-hybridized carbons (Fsp3) is 0.217. The molecule has 3 aromatic carbocycles. The van der Waals surface area contributed by atoms with E-state index in [1.165, 1.54) is 15.9 Å². The molecule has 302 valence electrons. The zero-order chi connectivity index (χ0) is 38.3. The van der Waals surface area contributed by atoms with Crippen molar-refractivity contribution in [2.24, 2.45) is 0 Å². The van der Waals surface area contributed by atoms with Crippen LogP contribution in [0.25, 0.3) is 0 Å². The van der Waals surface area contributed by atoms with Gasteiger partial charge in [-0.15, -0.1) is 0 Å². The summed E-state index contributed by atoms with van der Waals surface area (Å²) in [5.74, 6) is 0. The number of hydrogen-bond donors (Lipinski definition) is 0. The summed E-state index contributed by atoms with van der Waals surface area (Å²) < 4.78 is 86.5. The molecule has 0 heterocycles. The summed E-state index contributed by atoms with van der Waals surface area (Å²) in [6.07, 6.45) is 0. The van der Waals surface area contributed by atoms with E-state index in [1.807, 2.05) is 0 Å². The van der Waals surface area contributed by atoms with Gasteiger partial charge in [-0.1, -0.05) is 105 Å². The van der Waals surface area contributed by atoms with Crippen LogP contribution >= 0.6 is 0 Å². The van der Waals surface area contributed by atoms with Crippen molar-refractivity contribution in [3.8, 4) is 0 Å². The fourth-order valence-corrected chi connectivity index (χ4v) is 40.1. The lowest BCUT2D eigenvalue weighted by Crippen LogP contribution is -2.68. The highest BCUT2D eigenvalue weighted by molar-refractivity contribution is 7.01. The Balaban J connectivity index is 1.26. The molecule has 0 spiro atoms. The maximum atomic E-state index is 7.58. The predicted octanol–water partition coefficient (Wildman–Crippen LogP) is -9.48. The van der Waals surface area contributed by atoms with E-state index < -0.39 is 147 Å². The molecular formula is C23H56O15Si16. The standard InChI is InChI=1S/C23H56O15Si16/c1-3-53(4-2,38-54(22-16-10-6-11-17-22,23-18-12-7-13-19-23)20-21-14-8-5-9-15-21)37-52-36-51-35-50-34-49-33-48-32-47-31-46-30-45-29-44-28-43-27-42-26-41-25-40-24-39/h5-19H,3-4,20,40-52H2,1-2,39H3. The van der Waals surface area contributed by atoms with E-state index in [2.05, 4.69) is 105 Å². The van der Waals surface area contributed by atoms with Gasteiger partial charge in [0.25, 0.3) is 138 Å². The topological polar surface area (TPSA) is 138 Å². The molecule has 3 rings (SSSR count). The lowest BCUT2D eigenvalue weighted by Gasteiger charge is -2.42. The van der Waals surface area contributed by atoms with E-state index in [9.17, 15) is 0 Å². The van der Waals surface area contributed by atoms with Gasteiger partial charge in [-0.05, 0) is 34.1 Å². The van der Waals surface area contributed by atoms with Gasteiger partial charge in [0, 0.05) is 0 Å². The molecule has 0 aliphatic heterocycles. The first-order valence-electron chi connectivity index (χ1n) is 17.6. The van der Waals surface area contributed by atoms with Crippen molar-refractivity contribution in [3.05, 3.63) is 96.6 Å². The predicted molar refractivity (Wildman–Crippen MR) is 252 cm³/mol. The third kappa shape index (κ3) is 20.5. The van der Waals surface area contributed by atoms with Crippen molar-refractivity contribution in [1.29, 1.82) is 0 Å². The minimum absolute atomic E-state index is 0.733. The molecule has 54 heavy (non-hydrogen) atoms. The summed E-state index contributed by atoms with van der Waals surface area (Å²) in [4.78, 5) is 0. The lowest BCUT2D eigenvalue weighted by molar-refractivity contribution is 0.341. The molecule has 0 radical (unpaired) electrons. The SMILES string of the molecule is CC[Si](CC)(O[SiH2]O[SiH2]O[SiH2]O[SiH2]O[SiH2]O[SiH2]O[SiH2]O[SiH2]O[SiH2]O[SiH2]O[SiH2]O[SiH2]O[SiH2]O[SiH3])O[Si](Cc1ccccc1)(c1ccccc1)c1ccccc1. The number of hydrogen-bond acceptors (Lipinski definition) is 15. The molecular weight excluding hydrogens is 966 g/mol. The Bertz CT molecular complexity index is 1270. The molecule has 0 atom stereocenters. The van der Waals surface area contributed by atoms with E-state index in [0.29, 0.717) is 0 Å². The van der Waals surface area contributed by atoms with Gasteiger partial charge in [-0.2, -0.15) is 0 Å². The van der Waals surface area contributed by atoms with Crippen LogP contribution in [0.2, 0.25) is 12.1 Å². The molecule has 0 bridgehead atoms. The van der Waals surface area contributed by atoms with Crippen LogP contribution in [0, 0.1) is 0 Å². The third-order valence-electron chi connectivity index (χ3n) is 7.65. The van der Waals surface area contributed by atoms with Gasteiger partial charge in [0.05, 0.1) is 0 Å². The molecule has 0 fully saturated rings. The van der Waals surface area contributed by atoms with E-state index in [4.69, 9.17) is 61.7 Å². The molecule has 0 N–H and O–H groups in total. The summed E-state index contributed by atoms with van der Waals surface area (Å²) in [5.41, 5.74) is 1.27. The van der Waals surface area contributed by atoms with Crippen molar-refractivity contribution in [3.63, 3.8) is 0 Å². The van der Waals surface area contributed by atoms with Crippen LogP contribution in [0.15, 0.2) is 91.0 Å². The minimum Gasteiger partial charge on any atom is -0.449 e. The molecule has 0 saturated heterocycles. The Kier molecular flexibility index (Phi) is 29.3. The van der Waals surface area contributed by atoms with Gasteiger partial charge in [0.1, 0.15) is 10.5 Å². The molecule has 3 aromatic rings. The highest BCUT2D eigenvalue weighted by Crippen LogP contribution is 2.26. The first-order valence-corrected chi connectivity index (χ1v) is 37.8. The first kappa shape index (κ1) is 48.9. The summed E-state index contributed by atoms with van der Waals surface area (Å²) in [6.45, 7) is 4.39. The van der Waals surface area contributed by atoms with Crippen LogP contribution in [-0.2, 0) is 67.8 Å². The normalized spacial score (nSPS) is 15.0. The average Bonchev–Trinajstić information content (AvgIpc) is 3.22. The molecule has 0 amide bonds. The first-order chi connectivity index (χ1) is 26.7. The Morgan fingerprint density at radius 3 is 1.07 bits per heavy atom. The summed E-state index contributed by atoms with van der Waals surface area (Å²) >= 11 is 0. The quantitative estimate of drug-likeness (QED) is 0.0408. The lowest BCUT2D eigenvalue weighted by atomic mass is 10.2. The highest BCUT2D eigenvalue weighted by atomic mass is 28.5. The minimum atomic E-state index is -2.76. The van der Waals surface area contributed by atoms with Crippen molar-refractivity contribution in [1.82, 2.24) is 0 Å². The van der Waals surface area contributed by atoms with Crippen molar-refractivity contribution >= 4 is 168 Å². The fourth-order valence-electron chi connectivity index (χ4n) is 5.06. The molecule has 0 aliphatic rings. The molecule has 0 aliphatic carbocycles. The monoisotopic (exact) mass is 1020 g/mol. The van der Waals surface area contributed by atoms with Gasteiger partial charge in [-0.3, -0.25) is 0 Å². The largest absolute Gasteiger partial charge is 0.449 e. The highest BCUT2D eigenvalue weighted by Gasteiger charge is 2.48. The van der Waals surface area contributed by atoms with Crippen LogP contribution in [0.1, 0.15) is 19.4 Å². The summed E-state index contributed by atoms with van der Waals surface area (Å²) in [6, 6.07) is 34.7. The molecule has 15 nitrogen and oxygen atoms in total. The molecule has 0 aromatic heterocycles. The Morgan fingerprint density at radius 1 is 0.426 bits per heavy atom. The Labute approximate surface area is 355 Å². The smallest absolute Gasteiger partial charge is 0.318 e. The van der Waals surface area contributed by atoms with Gasteiger partial charge >= 0.3 is 8.56 Å². The van der Waals surface area contributed by atoms with Crippen molar-refractivity contribution < 1.29 is 61.7 Å². The van der Waals surface area contributed by atoms with Gasteiger partial charge in [0.2, 0.25) is 0 Å². The maximum Gasteiger partial charge on any atom is 0.318 e. The molecule has 0 saturated carbocycles. The molecule has 31 heteroatoms. The van der Waals surface area contributed by atoms with E-state index >= 15 is 0 Å². The second kappa shape index (κ2) is 32.4. The van der Waals surface area contributed by atoms with Gasteiger partial charge < -0.3 is 61.7 Å². The number of benzene rings is 3. The van der Waals surface area contributed by atoms with E-state index in [1.54, 1.807) is 0 Å². The Hall–Kier alpha value is 0.530. The zero-order valence-electron chi connectivity index (χ0n) is 31.6.